The summed E-state index contributed by atoms with van der Waals surface area (Å²) in [5.74, 6) is 0.340. The molecule has 2 rings (SSSR count). The predicted octanol–water partition coefficient (Wildman–Crippen LogP) is 3.60. The molecule has 128 valence electrons. The van der Waals surface area contributed by atoms with Gasteiger partial charge in [-0.2, -0.15) is 0 Å². The summed E-state index contributed by atoms with van der Waals surface area (Å²) in [6.07, 6.45) is 1.85. The fourth-order valence-corrected chi connectivity index (χ4v) is 2.69. The van der Waals surface area contributed by atoms with Crippen LogP contribution in [-0.2, 0) is 9.31 Å². The van der Waals surface area contributed by atoms with Crippen LogP contribution < -0.4 is 5.59 Å². The van der Waals surface area contributed by atoms with Gasteiger partial charge in [0.25, 0.3) is 0 Å². The van der Waals surface area contributed by atoms with Gasteiger partial charge in [0, 0.05) is 11.6 Å². The Balaban J connectivity index is 2.53. The normalized spacial score (nSPS) is 20.3. The lowest BCUT2D eigenvalue weighted by Gasteiger charge is -2.32. The summed E-state index contributed by atoms with van der Waals surface area (Å²) in [7, 11) is -0.529. The van der Waals surface area contributed by atoms with Crippen molar-refractivity contribution < 1.29 is 14.1 Å². The maximum absolute atomic E-state index is 12.9. The van der Waals surface area contributed by atoms with E-state index in [2.05, 4.69) is 13.8 Å². The van der Waals surface area contributed by atoms with E-state index in [9.17, 15) is 4.79 Å². The highest BCUT2D eigenvalue weighted by Gasteiger charge is 2.53. The van der Waals surface area contributed by atoms with Crippen LogP contribution in [0.25, 0.3) is 0 Å². The summed E-state index contributed by atoms with van der Waals surface area (Å²) >= 11 is 0. The van der Waals surface area contributed by atoms with Gasteiger partial charge < -0.3 is 9.31 Å². The summed E-state index contributed by atoms with van der Waals surface area (Å²) in [6.45, 7) is 18.1. The lowest BCUT2D eigenvalue weighted by Crippen LogP contribution is -2.45. The molecule has 0 unspecified atom stereocenters. The Hall–Kier alpha value is -1.07. The summed E-state index contributed by atoms with van der Waals surface area (Å²) in [4.78, 5) is 12.9. The second-order valence-electron chi connectivity index (χ2n) is 8.82. The van der Waals surface area contributed by atoms with Gasteiger partial charge in [-0.1, -0.05) is 34.6 Å². The third kappa shape index (κ3) is 3.13. The highest BCUT2D eigenvalue weighted by molar-refractivity contribution is 6.62. The fraction of sp³-hybridized carbons (Fsp3) is 0.722. The van der Waals surface area contributed by atoms with Crippen LogP contribution in [0.5, 0.6) is 0 Å². The van der Waals surface area contributed by atoms with Crippen molar-refractivity contribution in [1.82, 2.24) is 4.57 Å². The summed E-state index contributed by atoms with van der Waals surface area (Å²) in [6, 6.07) is 2.01. The zero-order chi connectivity index (χ0) is 17.8. The lowest BCUT2D eigenvalue weighted by molar-refractivity contribution is 0.00578. The minimum atomic E-state index is -0.529. The van der Waals surface area contributed by atoms with Gasteiger partial charge in [0.05, 0.1) is 16.8 Å². The molecule has 0 amide bonds. The molecule has 1 aromatic heterocycles. The molecular weight excluding hydrogens is 289 g/mol. The van der Waals surface area contributed by atoms with Crippen molar-refractivity contribution in [3.63, 3.8) is 0 Å². The number of rotatable bonds is 2. The zero-order valence-corrected chi connectivity index (χ0v) is 16.0. The van der Waals surface area contributed by atoms with Gasteiger partial charge in [0.1, 0.15) is 0 Å². The van der Waals surface area contributed by atoms with Crippen LogP contribution in [-0.4, -0.2) is 28.8 Å². The minimum Gasteiger partial charge on any atom is -0.398 e. The Bertz CT molecular complexity index is 592. The van der Waals surface area contributed by atoms with Crippen LogP contribution in [0.1, 0.15) is 78.6 Å². The molecule has 0 atom stereocenters. The van der Waals surface area contributed by atoms with Crippen LogP contribution >= 0.6 is 0 Å². The van der Waals surface area contributed by atoms with E-state index in [1.807, 2.05) is 60.7 Å². The van der Waals surface area contributed by atoms with Crippen LogP contribution in [0, 0.1) is 5.41 Å². The third-order valence-electron chi connectivity index (χ3n) is 4.92. The molecule has 1 fully saturated rings. The van der Waals surface area contributed by atoms with Crippen LogP contribution in [0.3, 0.4) is 0 Å². The Kier molecular flexibility index (Phi) is 4.36. The number of hydrogen-bond acceptors (Lipinski definition) is 3. The Morgan fingerprint density at radius 1 is 1.13 bits per heavy atom. The predicted molar refractivity (Wildman–Crippen MR) is 94.3 cm³/mol. The molecule has 23 heavy (non-hydrogen) atoms. The van der Waals surface area contributed by atoms with Gasteiger partial charge in [0.2, 0.25) is 5.91 Å². The van der Waals surface area contributed by atoms with Gasteiger partial charge in [-0.25, -0.2) is 0 Å². The van der Waals surface area contributed by atoms with Gasteiger partial charge in [-0.05, 0) is 45.2 Å². The van der Waals surface area contributed by atoms with E-state index < -0.39 is 23.7 Å². The van der Waals surface area contributed by atoms with Crippen molar-refractivity contribution in [2.24, 2.45) is 5.41 Å². The third-order valence-corrected chi connectivity index (χ3v) is 4.92. The van der Waals surface area contributed by atoms with Crippen molar-refractivity contribution in [3.05, 3.63) is 17.8 Å². The van der Waals surface area contributed by atoms with Crippen molar-refractivity contribution >= 4 is 18.6 Å². The zero-order valence-electron chi connectivity index (χ0n) is 16.0. The fourth-order valence-electron chi connectivity index (χ4n) is 2.69. The Morgan fingerprint density at radius 2 is 1.61 bits per heavy atom. The first-order chi connectivity index (χ1) is 10.3. The molecule has 2 heterocycles. The number of aromatic nitrogens is 1. The second kappa shape index (κ2) is 5.49. The quantitative estimate of drug-likeness (QED) is 0.782. The Labute approximate surface area is 140 Å². The maximum Gasteiger partial charge on any atom is 0.513 e. The second-order valence-corrected chi connectivity index (χ2v) is 8.82. The van der Waals surface area contributed by atoms with Crippen molar-refractivity contribution in [2.75, 3.05) is 0 Å². The average molecular weight is 319 g/mol. The van der Waals surface area contributed by atoms with Gasteiger partial charge in [0.15, 0.2) is 0 Å². The molecule has 1 aliphatic heterocycles. The van der Waals surface area contributed by atoms with E-state index in [1.165, 1.54) is 0 Å². The molecule has 0 aliphatic carbocycles. The number of carbonyl (C=O) groups excluding carboxylic acids is 1. The molecule has 4 nitrogen and oxygen atoms in total. The molecule has 0 radical (unpaired) electrons. The number of nitrogens with zero attached hydrogens (tertiary/aromatic N) is 1. The molecule has 1 saturated heterocycles. The largest absolute Gasteiger partial charge is 0.513 e. The molecule has 0 N–H and O–H groups in total. The first-order valence-electron chi connectivity index (χ1n) is 8.39. The smallest absolute Gasteiger partial charge is 0.398 e. The topological polar surface area (TPSA) is 40.5 Å². The summed E-state index contributed by atoms with van der Waals surface area (Å²) in [5.41, 5.74) is 0.614. The van der Waals surface area contributed by atoms with Crippen molar-refractivity contribution in [1.29, 1.82) is 0 Å². The summed E-state index contributed by atoms with van der Waals surface area (Å²) < 4.78 is 14.1. The molecule has 1 aliphatic rings. The summed E-state index contributed by atoms with van der Waals surface area (Å²) in [5, 5.41) is 0. The molecule has 0 saturated carbocycles. The first-order valence-corrected chi connectivity index (χ1v) is 8.39. The molecular formula is C18H30BNO3. The van der Waals surface area contributed by atoms with E-state index in [4.69, 9.17) is 9.31 Å². The Morgan fingerprint density at radius 3 is 2.00 bits per heavy atom. The van der Waals surface area contributed by atoms with E-state index in [1.54, 1.807) is 4.57 Å². The van der Waals surface area contributed by atoms with Crippen LogP contribution in [0.15, 0.2) is 12.3 Å². The van der Waals surface area contributed by atoms with Crippen molar-refractivity contribution in [2.45, 2.75) is 79.4 Å². The van der Waals surface area contributed by atoms with Crippen molar-refractivity contribution in [3.8, 4) is 0 Å². The van der Waals surface area contributed by atoms with Gasteiger partial charge in [-0.15, -0.1) is 0 Å². The minimum absolute atomic E-state index is 0.0501. The average Bonchev–Trinajstić information content (AvgIpc) is 2.86. The van der Waals surface area contributed by atoms with Crippen LogP contribution in [0.4, 0.5) is 0 Å². The van der Waals surface area contributed by atoms with E-state index >= 15 is 0 Å². The van der Waals surface area contributed by atoms with E-state index in [0.29, 0.717) is 0 Å². The van der Waals surface area contributed by atoms with Gasteiger partial charge in [-0.3, -0.25) is 9.36 Å². The molecule has 5 heteroatoms. The van der Waals surface area contributed by atoms with E-state index in [0.717, 1.165) is 11.2 Å². The number of carbonyl (C=O) groups is 1. The van der Waals surface area contributed by atoms with Gasteiger partial charge >= 0.3 is 7.12 Å². The molecule has 0 spiro atoms. The molecule has 1 aromatic rings. The highest BCUT2D eigenvalue weighted by atomic mass is 16.7. The van der Waals surface area contributed by atoms with Crippen LogP contribution in [0.2, 0.25) is 0 Å². The molecule has 0 aromatic carbocycles. The highest BCUT2D eigenvalue weighted by Crippen LogP contribution is 2.37. The molecule has 0 bridgehead atoms. The standard InChI is InChI=1S/C18H30BNO3/c1-12(2)13-10-11-20(15(21)16(3,4)5)14(13)19-22-17(6,7)18(8,9)23-19/h10-12H,1-9H3. The lowest BCUT2D eigenvalue weighted by atomic mass is 9.78. The number of hydrogen-bond donors (Lipinski definition) is 0. The van der Waals surface area contributed by atoms with E-state index in [-0.39, 0.29) is 11.8 Å². The first kappa shape index (κ1) is 18.3. The SMILES string of the molecule is CC(C)c1ccn(C(=O)C(C)(C)C)c1B1OC(C)(C)C(C)(C)O1. The monoisotopic (exact) mass is 319 g/mol. The maximum atomic E-state index is 12.9.